The highest BCUT2D eigenvalue weighted by atomic mass is 32.2. The zero-order valence-corrected chi connectivity index (χ0v) is 15.9. The number of carbonyl (C=O) groups is 1. The molecule has 1 aliphatic rings. The molecule has 2 aromatic carbocycles. The van der Waals surface area contributed by atoms with Crippen LogP contribution >= 0.6 is 0 Å². The minimum absolute atomic E-state index is 0.126. The lowest BCUT2D eigenvalue weighted by Crippen LogP contribution is -2.36. The lowest BCUT2D eigenvalue weighted by atomic mass is 10.2. The van der Waals surface area contributed by atoms with Gasteiger partial charge in [0.05, 0.1) is 29.4 Å². The first-order valence-corrected chi connectivity index (χ1v) is 9.97. The number of nitrogens with one attached hydrogen (secondary N) is 2. The lowest BCUT2D eigenvalue weighted by Gasteiger charge is -2.29. The average Bonchev–Trinajstić information content (AvgIpc) is 2.69. The maximum Gasteiger partial charge on any atom is 0.258 e. The van der Waals surface area contributed by atoms with Crippen LogP contribution in [0.2, 0.25) is 0 Å². The average molecular weight is 411 g/mol. The topological polar surface area (TPSA) is 87.7 Å². The molecule has 1 amide bonds. The van der Waals surface area contributed by atoms with Crippen LogP contribution in [0.3, 0.4) is 0 Å². The Bertz CT molecular complexity index is 992. The summed E-state index contributed by atoms with van der Waals surface area (Å²) in [6.45, 7) is 2.12. The molecule has 1 fully saturated rings. The van der Waals surface area contributed by atoms with Crippen LogP contribution in [0.1, 0.15) is 10.4 Å². The molecular weight excluding hydrogens is 392 g/mol. The standard InChI is InChI=1S/C18H19F2N3O4S/c1-21-28(25,26)13-3-4-15(19)14(11-13)18(24)22-12-2-5-17(16(20)10-12)23-6-8-27-9-7-23/h2-5,10-11,21H,6-9H2,1H3,(H,22,24). The molecule has 2 N–H and O–H groups in total. The SMILES string of the molecule is CNS(=O)(=O)c1ccc(F)c(C(=O)Nc2ccc(N3CCOCC3)c(F)c2)c1. The number of rotatable bonds is 5. The summed E-state index contributed by atoms with van der Waals surface area (Å²) in [5, 5.41) is 2.39. The summed E-state index contributed by atoms with van der Waals surface area (Å²) >= 11 is 0. The van der Waals surface area contributed by atoms with Crippen molar-refractivity contribution < 1.29 is 26.7 Å². The summed E-state index contributed by atoms with van der Waals surface area (Å²) in [5.41, 5.74) is 0.0457. The minimum Gasteiger partial charge on any atom is -0.378 e. The second-order valence-corrected chi connectivity index (χ2v) is 7.96. The van der Waals surface area contributed by atoms with Gasteiger partial charge in [-0.1, -0.05) is 0 Å². The van der Waals surface area contributed by atoms with Gasteiger partial charge in [-0.2, -0.15) is 0 Å². The smallest absolute Gasteiger partial charge is 0.258 e. The monoisotopic (exact) mass is 411 g/mol. The molecule has 0 radical (unpaired) electrons. The van der Waals surface area contributed by atoms with Crippen molar-refractivity contribution in [3.63, 3.8) is 0 Å². The van der Waals surface area contributed by atoms with E-state index < -0.39 is 33.1 Å². The molecule has 0 spiro atoms. The van der Waals surface area contributed by atoms with Crippen molar-refractivity contribution in [2.75, 3.05) is 43.6 Å². The number of nitrogens with zero attached hydrogens (tertiary/aromatic N) is 1. The molecule has 10 heteroatoms. The molecule has 150 valence electrons. The van der Waals surface area contributed by atoms with Gasteiger partial charge in [-0.25, -0.2) is 21.9 Å². The Hall–Kier alpha value is -2.56. The van der Waals surface area contributed by atoms with E-state index in [0.717, 1.165) is 24.3 Å². The summed E-state index contributed by atoms with van der Waals surface area (Å²) in [5.74, 6) is -2.31. The van der Waals surface area contributed by atoms with Gasteiger partial charge in [0.2, 0.25) is 10.0 Å². The predicted octanol–water partition coefficient (Wildman–Crippen LogP) is 1.96. The van der Waals surface area contributed by atoms with Crippen molar-refractivity contribution in [3.8, 4) is 0 Å². The molecule has 28 heavy (non-hydrogen) atoms. The van der Waals surface area contributed by atoms with E-state index in [4.69, 9.17) is 4.74 Å². The van der Waals surface area contributed by atoms with Crippen molar-refractivity contribution >= 4 is 27.3 Å². The molecule has 1 heterocycles. The number of halogens is 2. The minimum atomic E-state index is -3.84. The molecule has 1 saturated heterocycles. The van der Waals surface area contributed by atoms with E-state index in [-0.39, 0.29) is 10.6 Å². The van der Waals surface area contributed by atoms with Gasteiger partial charge >= 0.3 is 0 Å². The number of ether oxygens (including phenoxy) is 1. The maximum absolute atomic E-state index is 14.4. The van der Waals surface area contributed by atoms with Gasteiger partial charge in [-0.15, -0.1) is 0 Å². The van der Waals surface area contributed by atoms with Crippen LogP contribution in [0.15, 0.2) is 41.3 Å². The van der Waals surface area contributed by atoms with Gasteiger partial charge in [0.25, 0.3) is 5.91 Å². The summed E-state index contributed by atoms with van der Waals surface area (Å²) < 4.78 is 59.5. The molecule has 7 nitrogen and oxygen atoms in total. The van der Waals surface area contributed by atoms with Gasteiger partial charge in [0, 0.05) is 18.8 Å². The molecule has 0 saturated carbocycles. The fourth-order valence-corrected chi connectivity index (χ4v) is 3.56. The third kappa shape index (κ3) is 4.29. The van der Waals surface area contributed by atoms with Gasteiger partial charge in [-0.3, -0.25) is 4.79 Å². The van der Waals surface area contributed by atoms with Crippen LogP contribution in [0.5, 0.6) is 0 Å². The molecule has 0 aromatic heterocycles. The molecule has 0 aliphatic carbocycles. The summed E-state index contributed by atoms with van der Waals surface area (Å²) in [7, 11) is -2.64. The number of anilines is 2. The number of morpholine rings is 1. The Morgan fingerprint density at radius 2 is 1.79 bits per heavy atom. The largest absolute Gasteiger partial charge is 0.378 e. The highest BCUT2D eigenvalue weighted by Crippen LogP contribution is 2.24. The third-order valence-electron chi connectivity index (χ3n) is 4.32. The zero-order chi connectivity index (χ0) is 20.3. The van der Waals surface area contributed by atoms with E-state index in [2.05, 4.69) is 10.0 Å². The fraction of sp³-hybridized carbons (Fsp3) is 0.278. The number of hydrogen-bond acceptors (Lipinski definition) is 5. The van der Waals surface area contributed by atoms with E-state index in [9.17, 15) is 22.0 Å². The number of carbonyl (C=O) groups excluding carboxylic acids is 1. The Kier molecular flexibility index (Phi) is 5.92. The molecule has 3 rings (SSSR count). The maximum atomic E-state index is 14.4. The first-order valence-electron chi connectivity index (χ1n) is 8.48. The van der Waals surface area contributed by atoms with E-state index in [0.29, 0.717) is 32.0 Å². The highest BCUT2D eigenvalue weighted by molar-refractivity contribution is 7.89. The van der Waals surface area contributed by atoms with Crippen LogP contribution < -0.4 is 14.9 Å². The quantitative estimate of drug-likeness (QED) is 0.786. The Labute approximate surface area is 161 Å². The number of amides is 1. The van der Waals surface area contributed by atoms with Crippen molar-refractivity contribution in [1.82, 2.24) is 4.72 Å². The second-order valence-electron chi connectivity index (χ2n) is 6.07. The fourth-order valence-electron chi connectivity index (χ4n) is 2.81. The highest BCUT2D eigenvalue weighted by Gasteiger charge is 2.20. The van der Waals surface area contributed by atoms with Crippen LogP contribution in [-0.4, -0.2) is 47.7 Å². The lowest BCUT2D eigenvalue weighted by molar-refractivity contribution is 0.102. The van der Waals surface area contributed by atoms with E-state index in [1.807, 2.05) is 4.90 Å². The van der Waals surface area contributed by atoms with Gasteiger partial charge in [0.1, 0.15) is 11.6 Å². The number of hydrogen-bond donors (Lipinski definition) is 2. The van der Waals surface area contributed by atoms with E-state index in [1.165, 1.54) is 19.2 Å². The van der Waals surface area contributed by atoms with Crippen molar-refractivity contribution in [3.05, 3.63) is 53.6 Å². The Morgan fingerprint density at radius 3 is 2.43 bits per heavy atom. The zero-order valence-electron chi connectivity index (χ0n) is 15.0. The van der Waals surface area contributed by atoms with Crippen molar-refractivity contribution in [2.24, 2.45) is 0 Å². The normalized spacial score (nSPS) is 14.8. The molecule has 1 aliphatic heterocycles. The first kappa shape index (κ1) is 20.2. The second kappa shape index (κ2) is 8.21. The molecule has 2 aromatic rings. The molecule has 0 unspecified atom stereocenters. The van der Waals surface area contributed by atoms with Crippen LogP contribution in [0.25, 0.3) is 0 Å². The van der Waals surface area contributed by atoms with Crippen LogP contribution in [0.4, 0.5) is 20.2 Å². The number of sulfonamides is 1. The van der Waals surface area contributed by atoms with Crippen LogP contribution in [-0.2, 0) is 14.8 Å². The van der Waals surface area contributed by atoms with Gasteiger partial charge in [0.15, 0.2) is 0 Å². The van der Waals surface area contributed by atoms with E-state index >= 15 is 0 Å². The first-order chi connectivity index (χ1) is 13.3. The number of benzene rings is 2. The molecule has 0 atom stereocenters. The van der Waals surface area contributed by atoms with Crippen molar-refractivity contribution in [1.29, 1.82) is 0 Å². The molecular formula is C18H19F2N3O4S. The summed E-state index contributed by atoms with van der Waals surface area (Å²) in [6.07, 6.45) is 0. The Morgan fingerprint density at radius 1 is 1.07 bits per heavy atom. The van der Waals surface area contributed by atoms with E-state index in [1.54, 1.807) is 0 Å². The van der Waals surface area contributed by atoms with Gasteiger partial charge in [-0.05, 0) is 43.4 Å². The third-order valence-corrected chi connectivity index (χ3v) is 5.73. The predicted molar refractivity (Wildman–Crippen MR) is 100 cm³/mol. The van der Waals surface area contributed by atoms with Crippen molar-refractivity contribution in [2.45, 2.75) is 4.90 Å². The Balaban J connectivity index is 1.81. The van der Waals surface area contributed by atoms with Gasteiger partial charge < -0.3 is 15.0 Å². The van der Waals surface area contributed by atoms with Crippen LogP contribution in [0, 0.1) is 11.6 Å². The summed E-state index contributed by atoms with van der Waals surface area (Å²) in [4.78, 5) is 14.0. The summed E-state index contributed by atoms with van der Waals surface area (Å²) in [6, 6.07) is 7.02. The molecule has 0 bridgehead atoms.